The Morgan fingerprint density at radius 3 is 2.00 bits per heavy atom. The number of unbranched alkanes of at least 4 members (excludes halogenated alkanes) is 2. The van der Waals surface area contributed by atoms with E-state index in [1.807, 2.05) is 0 Å². The lowest BCUT2D eigenvalue weighted by Crippen LogP contribution is -1.59. The van der Waals surface area contributed by atoms with Crippen molar-refractivity contribution in [1.29, 1.82) is 0 Å². The monoisotopic (exact) mass is 105 g/mol. The normalized spacial score (nSPS) is 7.86. The van der Waals surface area contributed by atoms with Crippen LogP contribution in [0.15, 0.2) is 0 Å². The van der Waals surface area contributed by atoms with E-state index in [2.05, 4.69) is 6.92 Å². The van der Waals surface area contributed by atoms with Crippen molar-refractivity contribution >= 4 is 0 Å². The van der Waals surface area contributed by atoms with Crippen molar-refractivity contribution in [3.63, 3.8) is 0 Å². The standard InChI is InChI=1S/C5H12.2CH4/c1-3-5-4-2;;/h3-5H2,1-2H3;2*1H4/i1D;;. The molecule has 7 heavy (non-hydrogen) atoms. The molecule has 0 nitrogen and oxygen atoms in total. The summed E-state index contributed by atoms with van der Waals surface area (Å²) in [6.07, 6.45) is 3.54. The SMILES string of the molecule is C.C.[2H]CCCCC. The van der Waals surface area contributed by atoms with Gasteiger partial charge in [-0.1, -0.05) is 47.9 Å². The summed E-state index contributed by atoms with van der Waals surface area (Å²) in [5.41, 5.74) is 0. The minimum Gasteiger partial charge on any atom is -0.0776 e. The van der Waals surface area contributed by atoms with Gasteiger partial charge >= 0.3 is 0 Å². The Kier molecular flexibility index (Phi) is 24.0. The van der Waals surface area contributed by atoms with E-state index in [1.54, 1.807) is 0 Å². The van der Waals surface area contributed by atoms with Crippen LogP contribution in [0.1, 0.15) is 49.3 Å². The van der Waals surface area contributed by atoms with Crippen LogP contribution in [0, 0.1) is 0 Å². The quantitative estimate of drug-likeness (QED) is 0.472. The molecule has 0 heteroatoms. The summed E-state index contributed by atoms with van der Waals surface area (Å²) in [5, 5.41) is 0. The third-order valence-electron chi connectivity index (χ3n) is 0.604. The summed E-state index contributed by atoms with van der Waals surface area (Å²) < 4.78 is 6.71. The molecule has 0 N–H and O–H groups in total. The van der Waals surface area contributed by atoms with Gasteiger partial charge in [0.2, 0.25) is 0 Å². The highest BCUT2D eigenvalue weighted by atomic mass is 13.7. The molecule has 48 valence electrons. The molecule has 0 heterocycles. The van der Waals surface area contributed by atoms with Gasteiger partial charge in [0.05, 0.1) is 0 Å². The van der Waals surface area contributed by atoms with E-state index in [1.165, 1.54) is 12.8 Å². The van der Waals surface area contributed by atoms with Crippen LogP contribution in [0.25, 0.3) is 0 Å². The molecule has 0 aromatic carbocycles. The highest BCUT2D eigenvalue weighted by Crippen LogP contribution is 1.88. The molecule has 0 aliphatic heterocycles. The lowest BCUT2D eigenvalue weighted by molar-refractivity contribution is 0.772. The predicted octanol–water partition coefficient (Wildman–Crippen LogP) is 3.47. The van der Waals surface area contributed by atoms with Gasteiger partial charge in [-0.25, -0.2) is 0 Å². The van der Waals surface area contributed by atoms with Crippen LogP contribution < -0.4 is 0 Å². The van der Waals surface area contributed by atoms with E-state index in [0.29, 0.717) is 6.90 Å². The van der Waals surface area contributed by atoms with Crippen molar-refractivity contribution in [3.05, 3.63) is 0 Å². The van der Waals surface area contributed by atoms with Gasteiger partial charge in [0.15, 0.2) is 0 Å². The number of rotatable bonds is 2. The van der Waals surface area contributed by atoms with Gasteiger partial charge in [-0.2, -0.15) is 0 Å². The van der Waals surface area contributed by atoms with Gasteiger partial charge in [-0.15, -0.1) is 0 Å². The zero-order valence-electron chi connectivity index (χ0n) is 4.83. The fraction of sp³-hybridized carbons (Fsp3) is 1.00. The predicted molar refractivity (Wildman–Crippen MR) is 38.7 cm³/mol. The second-order valence-electron chi connectivity index (χ2n) is 1.21. The molecule has 0 radical (unpaired) electrons. The molecule has 0 bridgehead atoms. The largest absolute Gasteiger partial charge is 0.0776 e. The third kappa shape index (κ3) is 24.0. The van der Waals surface area contributed by atoms with E-state index in [9.17, 15) is 0 Å². The summed E-state index contributed by atoms with van der Waals surface area (Å²) in [6.45, 7) is 2.75. The Balaban J connectivity index is -0.000000125. The molecule has 0 unspecified atom stereocenters. The summed E-state index contributed by atoms with van der Waals surface area (Å²) in [6, 6.07) is 0. The van der Waals surface area contributed by atoms with E-state index < -0.39 is 0 Å². The maximum atomic E-state index is 6.71. The van der Waals surface area contributed by atoms with Gasteiger partial charge in [0.25, 0.3) is 0 Å². The Bertz CT molecular complexity index is 16.3. The van der Waals surface area contributed by atoms with Crippen LogP contribution in [-0.4, -0.2) is 0 Å². The fourth-order valence-electron chi connectivity index (χ4n) is 0.250. The third-order valence-corrected chi connectivity index (χ3v) is 0.604. The van der Waals surface area contributed by atoms with Gasteiger partial charge < -0.3 is 0 Å². The number of hydrogen-bond donors (Lipinski definition) is 0. The summed E-state index contributed by atoms with van der Waals surface area (Å²) in [7, 11) is 0. The average molecular weight is 105 g/mol. The number of hydrogen-bond acceptors (Lipinski definition) is 0. The first-order valence-corrected chi connectivity index (χ1v) is 2.21. The molecule has 0 saturated carbocycles. The highest BCUT2D eigenvalue weighted by Gasteiger charge is 1.68. The molecule has 0 aromatic heterocycles. The average Bonchev–Trinajstić information content (AvgIpc) is 1.61. The molecule has 0 aliphatic rings. The Morgan fingerprint density at radius 1 is 1.29 bits per heavy atom. The molecule has 0 fully saturated rings. The van der Waals surface area contributed by atoms with Crippen LogP contribution in [0.4, 0.5) is 0 Å². The first-order valence-electron chi connectivity index (χ1n) is 2.91. The van der Waals surface area contributed by atoms with E-state index in [-0.39, 0.29) is 14.9 Å². The van der Waals surface area contributed by atoms with Crippen LogP contribution in [0.5, 0.6) is 0 Å². The van der Waals surface area contributed by atoms with Crippen molar-refractivity contribution in [2.24, 2.45) is 0 Å². The van der Waals surface area contributed by atoms with Crippen molar-refractivity contribution < 1.29 is 1.37 Å². The maximum Gasteiger partial charge on any atom is 0.0230 e. The second-order valence-corrected chi connectivity index (χ2v) is 1.21. The lowest BCUT2D eigenvalue weighted by Gasteiger charge is -1.79. The molecule has 0 aliphatic carbocycles. The molecule has 0 aromatic rings. The van der Waals surface area contributed by atoms with E-state index in [0.717, 1.165) is 6.42 Å². The molecular formula is C7H20. The molecule has 0 rings (SSSR count). The van der Waals surface area contributed by atoms with Gasteiger partial charge in [0, 0.05) is 1.37 Å². The van der Waals surface area contributed by atoms with Crippen molar-refractivity contribution in [2.45, 2.75) is 47.9 Å². The fourth-order valence-corrected chi connectivity index (χ4v) is 0.250. The molecule has 0 amide bonds. The zero-order chi connectivity index (χ0) is 4.83. The van der Waals surface area contributed by atoms with Crippen molar-refractivity contribution in [1.82, 2.24) is 0 Å². The first kappa shape index (κ1) is 10.1. The lowest BCUT2D eigenvalue weighted by atomic mass is 10.3. The molecular weight excluding hydrogens is 84.1 g/mol. The topological polar surface area (TPSA) is 0 Å². The minimum atomic E-state index is 0. The van der Waals surface area contributed by atoms with Crippen LogP contribution in [-0.2, 0) is 0 Å². The van der Waals surface area contributed by atoms with Crippen molar-refractivity contribution in [3.8, 4) is 0 Å². The first-order chi connectivity index (χ1) is 2.91. The Labute approximate surface area is 50.3 Å². The highest BCUT2D eigenvalue weighted by molar-refractivity contribution is 4.24. The smallest absolute Gasteiger partial charge is 0.0230 e. The molecule has 0 atom stereocenters. The van der Waals surface area contributed by atoms with Gasteiger partial charge in [-0.3, -0.25) is 0 Å². The zero-order valence-corrected chi connectivity index (χ0v) is 3.83. The summed E-state index contributed by atoms with van der Waals surface area (Å²) >= 11 is 0. The van der Waals surface area contributed by atoms with Crippen LogP contribution >= 0.6 is 0 Å². The molecule has 0 saturated heterocycles. The summed E-state index contributed by atoms with van der Waals surface area (Å²) in [5.74, 6) is 0. The van der Waals surface area contributed by atoms with Crippen LogP contribution in [0.2, 0.25) is 0 Å². The molecule has 0 spiro atoms. The Hall–Kier alpha value is 0. The van der Waals surface area contributed by atoms with Gasteiger partial charge in [-0.05, 0) is 0 Å². The minimum absolute atomic E-state index is 0. The van der Waals surface area contributed by atoms with E-state index >= 15 is 0 Å². The van der Waals surface area contributed by atoms with Crippen molar-refractivity contribution in [2.75, 3.05) is 0 Å². The summed E-state index contributed by atoms with van der Waals surface area (Å²) in [4.78, 5) is 0. The van der Waals surface area contributed by atoms with E-state index in [4.69, 9.17) is 1.37 Å². The Morgan fingerprint density at radius 2 is 1.86 bits per heavy atom. The van der Waals surface area contributed by atoms with Crippen LogP contribution in [0.3, 0.4) is 0 Å². The van der Waals surface area contributed by atoms with Gasteiger partial charge in [0.1, 0.15) is 0 Å². The second kappa shape index (κ2) is 16.7. The maximum absolute atomic E-state index is 6.71.